The van der Waals surface area contributed by atoms with Gasteiger partial charge in [-0.3, -0.25) is 0 Å². The van der Waals surface area contributed by atoms with Crippen molar-refractivity contribution < 1.29 is 24.9 Å². The van der Waals surface area contributed by atoms with Crippen molar-refractivity contribution in [2.45, 2.75) is 43.7 Å². The summed E-state index contributed by atoms with van der Waals surface area (Å²) in [6, 6.07) is 0.110. The van der Waals surface area contributed by atoms with Crippen LogP contribution in [0.4, 0.5) is 0 Å². The summed E-state index contributed by atoms with van der Waals surface area (Å²) in [5.41, 5.74) is -2.65. The van der Waals surface area contributed by atoms with E-state index in [0.29, 0.717) is 6.42 Å². The van der Waals surface area contributed by atoms with Gasteiger partial charge in [-0.05, 0) is 32.2 Å². The van der Waals surface area contributed by atoms with Gasteiger partial charge in [-0.15, -0.1) is 0 Å². The average molecular weight is 231 g/mol. The van der Waals surface area contributed by atoms with E-state index in [-0.39, 0.29) is 12.5 Å². The molecular formula is C10H17NO5. The van der Waals surface area contributed by atoms with Gasteiger partial charge in [0.25, 0.3) is 5.60 Å². The normalized spacial score (nSPS) is 21.7. The number of carboxylic acid groups (broad SMARTS) is 2. The lowest BCUT2D eigenvalue weighted by Crippen LogP contribution is -2.48. The van der Waals surface area contributed by atoms with Crippen molar-refractivity contribution in [3.8, 4) is 0 Å². The minimum absolute atomic E-state index is 0.110. The van der Waals surface area contributed by atoms with Crippen molar-refractivity contribution in [1.29, 1.82) is 0 Å². The van der Waals surface area contributed by atoms with E-state index < -0.39 is 17.5 Å². The summed E-state index contributed by atoms with van der Waals surface area (Å²) in [5, 5.41) is 30.0. The van der Waals surface area contributed by atoms with Gasteiger partial charge in [0.1, 0.15) is 0 Å². The van der Waals surface area contributed by atoms with E-state index in [1.807, 2.05) is 0 Å². The lowest BCUT2D eigenvalue weighted by molar-refractivity contribution is -0.176. The molecule has 0 bridgehead atoms. The zero-order valence-corrected chi connectivity index (χ0v) is 8.98. The highest BCUT2D eigenvalue weighted by atomic mass is 16.4. The van der Waals surface area contributed by atoms with Crippen LogP contribution in [0, 0.1) is 0 Å². The Morgan fingerprint density at radius 1 is 1.25 bits per heavy atom. The molecule has 1 atom stereocenters. The zero-order chi connectivity index (χ0) is 12.2. The van der Waals surface area contributed by atoms with Gasteiger partial charge in [-0.25, -0.2) is 9.59 Å². The lowest BCUT2D eigenvalue weighted by atomic mass is 9.92. The third-order valence-electron chi connectivity index (χ3n) is 2.97. The van der Waals surface area contributed by atoms with Crippen LogP contribution in [0.25, 0.3) is 0 Å². The van der Waals surface area contributed by atoms with Crippen LogP contribution in [0.3, 0.4) is 0 Å². The van der Waals surface area contributed by atoms with Crippen LogP contribution in [0.5, 0.6) is 0 Å². The molecule has 6 heteroatoms. The standard InChI is InChI=1S/C10H17NO5/c12-8(13)10(16,9(14)15)5-4-7-3-1-2-6-11-7/h7,11,16H,1-6H2,(H,12,13)(H,14,15)/t7-/m1/s1. The van der Waals surface area contributed by atoms with Crippen molar-refractivity contribution in [2.75, 3.05) is 6.54 Å². The molecule has 92 valence electrons. The Hall–Kier alpha value is -1.14. The van der Waals surface area contributed by atoms with E-state index in [1.165, 1.54) is 0 Å². The number of carbonyl (C=O) groups is 2. The number of rotatable bonds is 5. The van der Waals surface area contributed by atoms with Gasteiger partial charge in [-0.2, -0.15) is 0 Å². The Kier molecular flexibility index (Phi) is 4.26. The predicted molar refractivity (Wildman–Crippen MR) is 55.1 cm³/mol. The lowest BCUT2D eigenvalue weighted by Gasteiger charge is -2.26. The summed E-state index contributed by atoms with van der Waals surface area (Å²) in [6.45, 7) is 0.864. The van der Waals surface area contributed by atoms with Crippen molar-refractivity contribution >= 4 is 11.9 Å². The molecule has 1 aliphatic heterocycles. The van der Waals surface area contributed by atoms with Crippen molar-refractivity contribution in [2.24, 2.45) is 0 Å². The van der Waals surface area contributed by atoms with Crippen LogP contribution < -0.4 is 5.32 Å². The van der Waals surface area contributed by atoms with Crippen LogP contribution >= 0.6 is 0 Å². The van der Waals surface area contributed by atoms with Crippen LogP contribution in [0.2, 0.25) is 0 Å². The van der Waals surface area contributed by atoms with E-state index in [1.54, 1.807) is 0 Å². The zero-order valence-electron chi connectivity index (χ0n) is 8.98. The highest BCUT2D eigenvalue weighted by Crippen LogP contribution is 2.19. The van der Waals surface area contributed by atoms with Gasteiger partial charge < -0.3 is 20.6 Å². The molecule has 0 aliphatic carbocycles. The summed E-state index contributed by atoms with van der Waals surface area (Å²) >= 11 is 0. The first-order valence-corrected chi connectivity index (χ1v) is 5.39. The molecule has 0 aromatic carbocycles. The van der Waals surface area contributed by atoms with E-state index in [2.05, 4.69) is 5.32 Å². The second kappa shape index (κ2) is 5.27. The van der Waals surface area contributed by atoms with Gasteiger partial charge >= 0.3 is 11.9 Å². The molecule has 0 aromatic heterocycles. The number of hydrogen-bond acceptors (Lipinski definition) is 4. The Balaban J connectivity index is 2.49. The number of carboxylic acids is 2. The molecule has 1 fully saturated rings. The van der Waals surface area contributed by atoms with Crippen LogP contribution in [-0.2, 0) is 9.59 Å². The fourth-order valence-corrected chi connectivity index (χ4v) is 1.86. The van der Waals surface area contributed by atoms with Crippen LogP contribution in [0.1, 0.15) is 32.1 Å². The van der Waals surface area contributed by atoms with Gasteiger partial charge in [0.2, 0.25) is 0 Å². The second-order valence-electron chi connectivity index (χ2n) is 4.16. The molecule has 16 heavy (non-hydrogen) atoms. The highest BCUT2D eigenvalue weighted by molar-refractivity contribution is 6.01. The molecule has 0 aromatic rings. The third kappa shape index (κ3) is 2.93. The van der Waals surface area contributed by atoms with Gasteiger partial charge in [0, 0.05) is 6.04 Å². The SMILES string of the molecule is O=C(O)C(O)(CC[C@H]1CCCCN1)C(=O)O. The monoisotopic (exact) mass is 231 g/mol. The largest absolute Gasteiger partial charge is 0.479 e. The predicted octanol–water partition coefficient (Wildman–Crippen LogP) is -0.191. The van der Waals surface area contributed by atoms with E-state index in [0.717, 1.165) is 25.8 Å². The first-order chi connectivity index (χ1) is 7.47. The fraction of sp³-hybridized carbons (Fsp3) is 0.800. The number of nitrogens with one attached hydrogen (secondary N) is 1. The minimum atomic E-state index is -2.65. The Morgan fingerprint density at radius 2 is 1.88 bits per heavy atom. The van der Waals surface area contributed by atoms with Gasteiger partial charge in [-0.1, -0.05) is 6.42 Å². The number of aliphatic hydroxyl groups is 1. The quantitative estimate of drug-likeness (QED) is 0.488. The van der Waals surface area contributed by atoms with Gasteiger partial charge in [0.05, 0.1) is 0 Å². The number of piperidine rings is 1. The summed E-state index contributed by atoms with van der Waals surface area (Å²) < 4.78 is 0. The summed E-state index contributed by atoms with van der Waals surface area (Å²) in [6.07, 6.45) is 3.12. The van der Waals surface area contributed by atoms with Crippen molar-refractivity contribution in [3.63, 3.8) is 0 Å². The molecule has 6 nitrogen and oxygen atoms in total. The first kappa shape index (κ1) is 12.9. The maximum atomic E-state index is 10.7. The average Bonchev–Trinajstić information content (AvgIpc) is 2.26. The molecule has 0 amide bonds. The van der Waals surface area contributed by atoms with Crippen LogP contribution in [0.15, 0.2) is 0 Å². The number of hydrogen-bond donors (Lipinski definition) is 4. The van der Waals surface area contributed by atoms with Gasteiger partial charge in [0.15, 0.2) is 0 Å². The summed E-state index contributed by atoms with van der Waals surface area (Å²) in [5.74, 6) is -3.40. The van der Waals surface area contributed by atoms with Crippen molar-refractivity contribution in [3.05, 3.63) is 0 Å². The second-order valence-corrected chi connectivity index (χ2v) is 4.16. The van der Waals surface area contributed by atoms with E-state index in [9.17, 15) is 14.7 Å². The molecule has 1 rings (SSSR count). The Morgan fingerprint density at radius 3 is 2.31 bits per heavy atom. The molecule has 0 spiro atoms. The molecule has 1 saturated heterocycles. The van der Waals surface area contributed by atoms with E-state index in [4.69, 9.17) is 10.2 Å². The topological polar surface area (TPSA) is 107 Å². The van der Waals surface area contributed by atoms with Crippen LogP contribution in [-0.4, -0.2) is 45.4 Å². The summed E-state index contributed by atoms with van der Waals surface area (Å²) in [7, 11) is 0. The Labute approximate surface area is 93.3 Å². The molecule has 0 saturated carbocycles. The van der Waals surface area contributed by atoms with E-state index >= 15 is 0 Å². The maximum absolute atomic E-state index is 10.7. The first-order valence-electron chi connectivity index (χ1n) is 5.39. The van der Waals surface area contributed by atoms with Crippen molar-refractivity contribution in [1.82, 2.24) is 5.32 Å². The number of aliphatic carboxylic acids is 2. The molecule has 4 N–H and O–H groups in total. The fourth-order valence-electron chi connectivity index (χ4n) is 1.86. The molecular weight excluding hydrogens is 214 g/mol. The molecule has 0 unspecified atom stereocenters. The third-order valence-corrected chi connectivity index (χ3v) is 2.97. The molecule has 0 radical (unpaired) electrons. The highest BCUT2D eigenvalue weighted by Gasteiger charge is 2.44. The summed E-state index contributed by atoms with van der Waals surface area (Å²) in [4.78, 5) is 21.4. The minimum Gasteiger partial charge on any atom is -0.479 e. The Bertz CT molecular complexity index is 258. The molecule has 1 heterocycles. The molecule has 1 aliphatic rings. The smallest absolute Gasteiger partial charge is 0.347 e. The maximum Gasteiger partial charge on any atom is 0.347 e.